The predicted molar refractivity (Wildman–Crippen MR) is 91.0 cm³/mol. The minimum atomic E-state index is -3.90. The predicted octanol–water partition coefficient (Wildman–Crippen LogP) is 2.55. The van der Waals surface area contributed by atoms with Gasteiger partial charge in [-0.3, -0.25) is 4.79 Å². The highest BCUT2D eigenvalue weighted by Gasteiger charge is 2.39. The molecule has 0 radical (unpaired) electrons. The number of amides is 1. The minimum Gasteiger partial charge on any atom is -0.315 e. The van der Waals surface area contributed by atoms with Gasteiger partial charge in [-0.1, -0.05) is 0 Å². The summed E-state index contributed by atoms with van der Waals surface area (Å²) in [6, 6.07) is 7.22. The van der Waals surface area contributed by atoms with E-state index in [0.29, 0.717) is 23.4 Å². The van der Waals surface area contributed by atoms with Crippen molar-refractivity contribution >= 4 is 32.3 Å². The second-order valence-corrected chi connectivity index (χ2v) is 8.30. The van der Waals surface area contributed by atoms with Gasteiger partial charge in [-0.2, -0.15) is 9.57 Å². The summed E-state index contributed by atoms with van der Waals surface area (Å²) in [5.74, 6) is -1.00. The monoisotopic (exact) mass is 379 g/mol. The van der Waals surface area contributed by atoms with Gasteiger partial charge in [0, 0.05) is 6.54 Å². The first-order valence-electron chi connectivity index (χ1n) is 7.49. The van der Waals surface area contributed by atoms with E-state index in [1.807, 2.05) is 6.07 Å². The number of hydrogen-bond donors (Lipinski definition) is 1. The van der Waals surface area contributed by atoms with Gasteiger partial charge >= 0.3 is 0 Å². The lowest BCUT2D eigenvalue weighted by atomic mass is 10.2. The number of hydrogen-bond acceptors (Lipinski definition) is 5. The lowest BCUT2D eigenvalue weighted by molar-refractivity contribution is -0.119. The van der Waals surface area contributed by atoms with Crippen LogP contribution >= 0.6 is 11.3 Å². The molecule has 1 amide bonds. The first-order chi connectivity index (χ1) is 11.9. The first kappa shape index (κ1) is 17.5. The summed E-state index contributed by atoms with van der Waals surface area (Å²) in [6.07, 6.45) is 0.938. The Balaban J connectivity index is 1.83. The van der Waals surface area contributed by atoms with E-state index in [-0.39, 0.29) is 11.4 Å². The second-order valence-electron chi connectivity index (χ2n) is 5.49. The molecular weight excluding hydrogens is 365 g/mol. The fraction of sp³-hybridized carbons (Fsp3) is 0.250. The molecule has 0 bridgehead atoms. The SMILES string of the molecule is N#Cc1ccsc1NC(=O)[C@H]1CCCN1S(=O)(=O)c1ccc(F)cc1. The van der Waals surface area contributed by atoms with Gasteiger partial charge in [0.2, 0.25) is 15.9 Å². The summed E-state index contributed by atoms with van der Waals surface area (Å²) in [7, 11) is -3.90. The molecule has 3 rings (SSSR count). The Labute approximate surface area is 148 Å². The molecular formula is C16H14FN3O3S2. The molecule has 2 heterocycles. The Morgan fingerprint density at radius 2 is 2.04 bits per heavy atom. The number of carbonyl (C=O) groups is 1. The lowest BCUT2D eigenvalue weighted by Gasteiger charge is -2.23. The van der Waals surface area contributed by atoms with Gasteiger partial charge < -0.3 is 5.32 Å². The molecule has 0 saturated carbocycles. The normalized spacial score (nSPS) is 18.0. The van der Waals surface area contributed by atoms with Crippen molar-refractivity contribution in [1.82, 2.24) is 4.31 Å². The van der Waals surface area contributed by atoms with Gasteiger partial charge in [0.1, 0.15) is 22.9 Å². The third kappa shape index (κ3) is 3.42. The van der Waals surface area contributed by atoms with Gasteiger partial charge in [0.15, 0.2) is 0 Å². The van der Waals surface area contributed by atoms with Gasteiger partial charge in [0.05, 0.1) is 10.5 Å². The maximum Gasteiger partial charge on any atom is 0.243 e. The summed E-state index contributed by atoms with van der Waals surface area (Å²) >= 11 is 1.20. The van der Waals surface area contributed by atoms with Crippen LogP contribution < -0.4 is 5.32 Å². The highest BCUT2D eigenvalue weighted by Crippen LogP contribution is 2.29. The molecule has 1 atom stereocenters. The van der Waals surface area contributed by atoms with Crippen molar-refractivity contribution in [2.24, 2.45) is 0 Å². The molecule has 1 aliphatic heterocycles. The Bertz CT molecular complexity index is 932. The van der Waals surface area contributed by atoms with E-state index in [9.17, 15) is 17.6 Å². The first-order valence-corrected chi connectivity index (χ1v) is 9.81. The fourth-order valence-electron chi connectivity index (χ4n) is 2.72. The molecule has 1 saturated heterocycles. The van der Waals surface area contributed by atoms with Crippen LogP contribution in [0.1, 0.15) is 18.4 Å². The highest BCUT2D eigenvalue weighted by molar-refractivity contribution is 7.89. The summed E-state index contributed by atoms with van der Waals surface area (Å²) in [6.45, 7) is 0.216. The average Bonchev–Trinajstić information content (AvgIpc) is 3.24. The van der Waals surface area contributed by atoms with E-state index in [4.69, 9.17) is 5.26 Å². The van der Waals surface area contributed by atoms with Crippen LogP contribution in [0, 0.1) is 17.1 Å². The summed E-state index contributed by atoms with van der Waals surface area (Å²) in [4.78, 5) is 12.5. The topological polar surface area (TPSA) is 90.3 Å². The smallest absolute Gasteiger partial charge is 0.243 e. The number of halogens is 1. The minimum absolute atomic E-state index is 0.0533. The van der Waals surface area contributed by atoms with E-state index < -0.39 is 27.8 Å². The Morgan fingerprint density at radius 1 is 1.32 bits per heavy atom. The Kier molecular flexibility index (Phi) is 4.85. The zero-order valence-corrected chi connectivity index (χ0v) is 14.6. The summed E-state index contributed by atoms with van der Waals surface area (Å²) in [5, 5.41) is 13.7. The number of anilines is 1. The number of thiophene rings is 1. The third-order valence-electron chi connectivity index (χ3n) is 3.95. The molecule has 1 aromatic carbocycles. The van der Waals surface area contributed by atoms with Gasteiger partial charge in [-0.05, 0) is 48.6 Å². The van der Waals surface area contributed by atoms with Gasteiger partial charge in [0.25, 0.3) is 0 Å². The van der Waals surface area contributed by atoms with Crippen LogP contribution in [0.3, 0.4) is 0 Å². The standard InChI is InChI=1S/C16H14FN3O3S2/c17-12-3-5-13(6-4-12)25(22,23)20-8-1-2-14(20)15(21)19-16-11(10-18)7-9-24-16/h3-7,9,14H,1-2,8H2,(H,19,21)/t14-/m1/s1. The molecule has 1 fully saturated rings. The van der Waals surface area contributed by atoms with Crippen molar-refractivity contribution in [3.05, 3.63) is 47.1 Å². The maximum atomic E-state index is 13.0. The van der Waals surface area contributed by atoms with Crippen molar-refractivity contribution in [2.45, 2.75) is 23.8 Å². The van der Waals surface area contributed by atoms with Crippen LogP contribution in [0.5, 0.6) is 0 Å². The van der Waals surface area contributed by atoms with Crippen LogP contribution in [0.25, 0.3) is 0 Å². The van der Waals surface area contributed by atoms with Crippen molar-refractivity contribution in [3.63, 3.8) is 0 Å². The van der Waals surface area contributed by atoms with Gasteiger partial charge in [-0.15, -0.1) is 11.3 Å². The number of rotatable bonds is 4. The van der Waals surface area contributed by atoms with Crippen molar-refractivity contribution in [3.8, 4) is 6.07 Å². The molecule has 2 aromatic rings. The summed E-state index contributed by atoms with van der Waals surface area (Å²) < 4.78 is 39.7. The van der Waals surface area contributed by atoms with Crippen LogP contribution in [-0.4, -0.2) is 31.2 Å². The Morgan fingerprint density at radius 3 is 2.72 bits per heavy atom. The quantitative estimate of drug-likeness (QED) is 0.884. The Hall–Kier alpha value is -2.28. The molecule has 9 heteroatoms. The van der Waals surface area contributed by atoms with Crippen LogP contribution in [0.2, 0.25) is 0 Å². The average molecular weight is 379 g/mol. The second kappa shape index (κ2) is 6.92. The number of nitriles is 1. The molecule has 130 valence electrons. The zero-order chi connectivity index (χ0) is 18.0. The zero-order valence-electron chi connectivity index (χ0n) is 13.0. The third-order valence-corrected chi connectivity index (χ3v) is 6.70. The molecule has 0 unspecified atom stereocenters. The summed E-state index contributed by atoms with van der Waals surface area (Å²) in [5.41, 5.74) is 0.337. The number of benzene rings is 1. The largest absolute Gasteiger partial charge is 0.315 e. The van der Waals surface area contributed by atoms with E-state index in [1.165, 1.54) is 23.5 Å². The highest BCUT2D eigenvalue weighted by atomic mass is 32.2. The van der Waals surface area contributed by atoms with Crippen molar-refractivity contribution < 1.29 is 17.6 Å². The van der Waals surface area contributed by atoms with E-state index in [0.717, 1.165) is 16.4 Å². The molecule has 1 N–H and O–H groups in total. The van der Waals surface area contributed by atoms with Crippen LogP contribution in [0.15, 0.2) is 40.6 Å². The van der Waals surface area contributed by atoms with Crippen LogP contribution in [0.4, 0.5) is 9.39 Å². The van der Waals surface area contributed by atoms with E-state index in [2.05, 4.69) is 5.32 Å². The molecule has 6 nitrogen and oxygen atoms in total. The van der Waals surface area contributed by atoms with Gasteiger partial charge in [-0.25, -0.2) is 12.8 Å². The fourth-order valence-corrected chi connectivity index (χ4v) is 5.12. The van der Waals surface area contributed by atoms with E-state index >= 15 is 0 Å². The molecule has 1 aromatic heterocycles. The molecule has 0 aliphatic carbocycles. The maximum absolute atomic E-state index is 13.0. The van der Waals surface area contributed by atoms with E-state index in [1.54, 1.807) is 11.4 Å². The number of sulfonamides is 1. The molecule has 0 spiro atoms. The number of nitrogens with one attached hydrogen (secondary N) is 1. The van der Waals surface area contributed by atoms with Crippen molar-refractivity contribution in [1.29, 1.82) is 5.26 Å². The van der Waals surface area contributed by atoms with Crippen LogP contribution in [-0.2, 0) is 14.8 Å². The molecule has 25 heavy (non-hydrogen) atoms. The number of carbonyl (C=O) groups excluding carboxylic acids is 1. The number of nitrogens with zero attached hydrogens (tertiary/aromatic N) is 2. The van der Waals surface area contributed by atoms with Crippen molar-refractivity contribution in [2.75, 3.05) is 11.9 Å². The lowest BCUT2D eigenvalue weighted by Crippen LogP contribution is -2.43. The molecule has 1 aliphatic rings.